The maximum atomic E-state index is 11.8. The minimum atomic E-state index is -3.66. The van der Waals surface area contributed by atoms with Crippen LogP contribution in [0.15, 0.2) is 18.2 Å². The van der Waals surface area contributed by atoms with Crippen LogP contribution in [0.4, 0.5) is 11.4 Å². The summed E-state index contributed by atoms with van der Waals surface area (Å²) in [6, 6.07) is 4.73. The highest BCUT2D eigenvalue weighted by Gasteiger charge is 2.20. The number of ether oxygens (including phenoxy) is 1. The van der Waals surface area contributed by atoms with E-state index in [1.807, 2.05) is 0 Å². The normalized spacial score (nSPS) is 12.2. The highest BCUT2D eigenvalue weighted by atomic mass is 32.2. The summed E-state index contributed by atoms with van der Waals surface area (Å²) in [6.07, 6.45) is 0. The van der Waals surface area contributed by atoms with Gasteiger partial charge in [0.25, 0.3) is 10.2 Å². The van der Waals surface area contributed by atoms with Gasteiger partial charge in [0.05, 0.1) is 18.5 Å². The van der Waals surface area contributed by atoms with E-state index >= 15 is 0 Å². The third-order valence-corrected chi connectivity index (χ3v) is 3.31. The predicted octanol–water partition coefficient (Wildman–Crippen LogP) is 1.32. The molecule has 0 radical (unpaired) electrons. The van der Waals surface area contributed by atoms with E-state index in [0.29, 0.717) is 17.1 Å². The summed E-state index contributed by atoms with van der Waals surface area (Å²) in [6.45, 7) is 5.26. The van der Waals surface area contributed by atoms with Gasteiger partial charge in [0.2, 0.25) is 0 Å². The van der Waals surface area contributed by atoms with Gasteiger partial charge in [-0.05, 0) is 32.9 Å². The molecule has 0 aliphatic heterocycles. The van der Waals surface area contributed by atoms with Gasteiger partial charge in [0, 0.05) is 11.6 Å². The Morgan fingerprint density at radius 2 is 1.89 bits per heavy atom. The summed E-state index contributed by atoms with van der Waals surface area (Å²) < 4.78 is 33.5. The Hall–Kier alpha value is -1.47. The maximum absolute atomic E-state index is 11.8. The van der Waals surface area contributed by atoms with Crippen LogP contribution in [0.1, 0.15) is 20.8 Å². The largest absolute Gasteiger partial charge is 0.497 e. The molecule has 0 aliphatic carbocycles. The molecular weight excluding hydrogens is 254 g/mol. The first-order valence-corrected chi connectivity index (χ1v) is 6.86. The zero-order valence-corrected chi connectivity index (χ0v) is 11.8. The maximum Gasteiger partial charge on any atom is 0.299 e. The van der Waals surface area contributed by atoms with E-state index < -0.39 is 15.7 Å². The molecule has 0 bridgehead atoms. The second-order valence-corrected chi connectivity index (χ2v) is 6.33. The summed E-state index contributed by atoms with van der Waals surface area (Å²) in [4.78, 5) is 0. The molecule has 0 aliphatic rings. The third-order valence-electron chi connectivity index (χ3n) is 1.94. The smallest absolute Gasteiger partial charge is 0.299 e. The van der Waals surface area contributed by atoms with Crippen molar-refractivity contribution < 1.29 is 13.2 Å². The fourth-order valence-corrected chi connectivity index (χ4v) is 2.67. The summed E-state index contributed by atoms with van der Waals surface area (Å²) in [7, 11) is -2.14. The number of hydrogen-bond acceptors (Lipinski definition) is 4. The van der Waals surface area contributed by atoms with Crippen LogP contribution >= 0.6 is 0 Å². The van der Waals surface area contributed by atoms with Gasteiger partial charge in [0.1, 0.15) is 5.75 Å². The molecule has 0 atom stereocenters. The molecule has 0 aromatic heterocycles. The zero-order valence-electron chi connectivity index (χ0n) is 10.9. The SMILES string of the molecule is COc1ccc(NS(=O)(=O)NC(C)(C)C)c(N)c1. The van der Waals surface area contributed by atoms with Crippen LogP contribution in [0, 0.1) is 0 Å². The second-order valence-electron chi connectivity index (χ2n) is 4.91. The van der Waals surface area contributed by atoms with Crippen molar-refractivity contribution in [2.24, 2.45) is 0 Å². The Morgan fingerprint density at radius 1 is 1.28 bits per heavy atom. The highest BCUT2D eigenvalue weighted by Crippen LogP contribution is 2.24. The minimum Gasteiger partial charge on any atom is -0.497 e. The number of nitrogens with one attached hydrogen (secondary N) is 2. The minimum absolute atomic E-state index is 0.300. The van der Waals surface area contributed by atoms with Crippen molar-refractivity contribution in [1.29, 1.82) is 0 Å². The summed E-state index contributed by atoms with van der Waals surface area (Å²) in [5, 5.41) is 0. The lowest BCUT2D eigenvalue weighted by atomic mass is 10.1. The first kappa shape index (κ1) is 14.6. The Kier molecular flexibility index (Phi) is 4.08. The van der Waals surface area contributed by atoms with Gasteiger partial charge in [-0.2, -0.15) is 13.1 Å². The summed E-state index contributed by atoms with van der Waals surface area (Å²) in [5.74, 6) is 0.569. The van der Waals surface area contributed by atoms with Crippen LogP contribution in [0.5, 0.6) is 5.75 Å². The quantitative estimate of drug-likeness (QED) is 0.721. The van der Waals surface area contributed by atoms with Crippen LogP contribution in [-0.4, -0.2) is 21.1 Å². The Bertz CT molecular complexity index is 521. The molecule has 0 saturated heterocycles. The zero-order chi connectivity index (χ0) is 14.0. The van der Waals surface area contributed by atoms with Crippen molar-refractivity contribution in [3.63, 3.8) is 0 Å². The molecule has 1 aromatic rings. The van der Waals surface area contributed by atoms with Gasteiger partial charge in [-0.15, -0.1) is 0 Å². The molecule has 1 aromatic carbocycles. The van der Waals surface area contributed by atoms with Crippen molar-refractivity contribution in [1.82, 2.24) is 4.72 Å². The third kappa shape index (κ3) is 4.42. The van der Waals surface area contributed by atoms with E-state index in [-0.39, 0.29) is 0 Å². The lowest BCUT2D eigenvalue weighted by Gasteiger charge is -2.21. The fourth-order valence-electron chi connectivity index (χ4n) is 1.33. The number of methoxy groups -OCH3 is 1. The Balaban J connectivity index is 2.91. The molecule has 0 spiro atoms. The van der Waals surface area contributed by atoms with Crippen molar-refractivity contribution in [3.05, 3.63) is 18.2 Å². The number of anilines is 2. The molecule has 0 saturated carbocycles. The van der Waals surface area contributed by atoms with E-state index in [9.17, 15) is 8.42 Å². The van der Waals surface area contributed by atoms with Gasteiger partial charge in [-0.25, -0.2) is 0 Å². The van der Waals surface area contributed by atoms with Gasteiger partial charge >= 0.3 is 0 Å². The van der Waals surface area contributed by atoms with Crippen molar-refractivity contribution >= 4 is 21.6 Å². The van der Waals surface area contributed by atoms with Crippen molar-refractivity contribution in [3.8, 4) is 5.75 Å². The molecule has 6 nitrogen and oxygen atoms in total. The molecule has 18 heavy (non-hydrogen) atoms. The number of nitrogens with two attached hydrogens (primary N) is 1. The molecule has 4 N–H and O–H groups in total. The van der Waals surface area contributed by atoms with Gasteiger partial charge < -0.3 is 10.5 Å². The van der Waals surface area contributed by atoms with Crippen LogP contribution in [0.25, 0.3) is 0 Å². The second kappa shape index (κ2) is 5.03. The van der Waals surface area contributed by atoms with E-state index in [1.54, 1.807) is 39.0 Å². The molecule has 0 amide bonds. The number of rotatable bonds is 4. The van der Waals surface area contributed by atoms with Crippen LogP contribution in [-0.2, 0) is 10.2 Å². The number of nitrogen functional groups attached to an aromatic ring is 1. The summed E-state index contributed by atoms with van der Waals surface area (Å²) in [5.41, 5.74) is 5.78. The standard InChI is InChI=1S/C11H19N3O3S/c1-11(2,3)14-18(15,16)13-10-6-5-8(17-4)7-9(10)12/h5-7,13-14H,12H2,1-4H3. The lowest BCUT2D eigenvalue weighted by molar-refractivity contribution is 0.415. The van der Waals surface area contributed by atoms with Gasteiger partial charge in [-0.3, -0.25) is 4.72 Å². The van der Waals surface area contributed by atoms with E-state index in [4.69, 9.17) is 10.5 Å². The molecule has 0 fully saturated rings. The Labute approximate surface area is 108 Å². The molecule has 0 heterocycles. The lowest BCUT2D eigenvalue weighted by Crippen LogP contribution is -2.43. The molecule has 0 unspecified atom stereocenters. The molecule has 102 valence electrons. The highest BCUT2D eigenvalue weighted by molar-refractivity contribution is 7.90. The van der Waals surface area contributed by atoms with Gasteiger partial charge in [-0.1, -0.05) is 0 Å². The van der Waals surface area contributed by atoms with Crippen molar-refractivity contribution in [2.75, 3.05) is 17.6 Å². The number of benzene rings is 1. The first-order chi connectivity index (χ1) is 8.13. The predicted molar refractivity (Wildman–Crippen MR) is 72.8 cm³/mol. The van der Waals surface area contributed by atoms with Crippen LogP contribution in [0.2, 0.25) is 0 Å². The summed E-state index contributed by atoms with van der Waals surface area (Å²) >= 11 is 0. The van der Waals surface area contributed by atoms with E-state index in [0.717, 1.165) is 0 Å². The van der Waals surface area contributed by atoms with Gasteiger partial charge in [0.15, 0.2) is 0 Å². The molecule has 1 rings (SSSR count). The molecular formula is C11H19N3O3S. The van der Waals surface area contributed by atoms with Crippen LogP contribution < -0.4 is 19.9 Å². The van der Waals surface area contributed by atoms with E-state index in [1.165, 1.54) is 7.11 Å². The fraction of sp³-hybridized carbons (Fsp3) is 0.455. The molecule has 7 heteroatoms. The average molecular weight is 273 g/mol. The Morgan fingerprint density at radius 3 is 2.33 bits per heavy atom. The van der Waals surface area contributed by atoms with Crippen LogP contribution in [0.3, 0.4) is 0 Å². The number of hydrogen-bond donors (Lipinski definition) is 3. The van der Waals surface area contributed by atoms with Crippen molar-refractivity contribution in [2.45, 2.75) is 26.3 Å². The topological polar surface area (TPSA) is 93.4 Å². The van der Waals surface area contributed by atoms with E-state index in [2.05, 4.69) is 9.44 Å². The first-order valence-electron chi connectivity index (χ1n) is 5.38. The average Bonchev–Trinajstić information content (AvgIpc) is 2.17. The monoisotopic (exact) mass is 273 g/mol.